The van der Waals surface area contributed by atoms with Gasteiger partial charge in [-0.1, -0.05) is 0 Å². The Kier molecular flexibility index (Phi) is 2.46. The summed E-state index contributed by atoms with van der Waals surface area (Å²) in [5.41, 5.74) is 0. The van der Waals surface area contributed by atoms with E-state index in [9.17, 15) is 0 Å². The van der Waals surface area contributed by atoms with Crippen molar-refractivity contribution in [2.45, 2.75) is 0 Å². The Morgan fingerprint density at radius 3 is 2.83 bits per heavy atom. The molecule has 0 aliphatic rings. The molecule has 0 fully saturated rings. The Morgan fingerprint density at radius 2 is 2.25 bits per heavy atom. The maximum absolute atomic E-state index is 8.69. The number of fused-ring (bicyclic) bond motifs is 1. The summed E-state index contributed by atoms with van der Waals surface area (Å²) in [4.78, 5) is 0. The van der Waals surface area contributed by atoms with E-state index in [-0.39, 0.29) is 14.5 Å². The zero-order valence-corrected chi connectivity index (χ0v) is 11.3. The second-order valence-corrected chi connectivity index (χ2v) is 7.48. The molecule has 60 valence electrons. The van der Waals surface area contributed by atoms with Gasteiger partial charge in [0.05, 0.1) is 0 Å². The number of rotatable bonds is 0. The minimum atomic E-state index is 0.214. The van der Waals surface area contributed by atoms with Crippen LogP contribution < -0.4 is 0 Å². The van der Waals surface area contributed by atoms with Crippen molar-refractivity contribution >= 4 is 66.7 Å². The zero-order chi connectivity index (χ0) is 8.72. The molecule has 0 aliphatic heterocycles. The molecular weight excluding hydrogens is 369 g/mol. The average Bonchev–Trinajstić information content (AvgIpc) is 2.55. The first-order valence-corrected chi connectivity index (χ1v) is 7.11. The molecule has 0 saturated heterocycles. The molecular formula is C7HBr2NSSe. The summed E-state index contributed by atoms with van der Waals surface area (Å²) in [6.07, 6.45) is 0. The summed E-state index contributed by atoms with van der Waals surface area (Å²) in [6, 6.07) is 4.18. The summed E-state index contributed by atoms with van der Waals surface area (Å²) >= 11 is 8.84. The van der Waals surface area contributed by atoms with E-state index in [1.54, 1.807) is 11.3 Å². The molecule has 0 aromatic carbocycles. The Bertz CT molecular complexity index is 479. The molecule has 12 heavy (non-hydrogen) atoms. The Labute approximate surface area is 96.0 Å². The van der Waals surface area contributed by atoms with Crippen LogP contribution in [0.2, 0.25) is 0 Å². The van der Waals surface area contributed by atoms with Crippen molar-refractivity contribution in [1.82, 2.24) is 0 Å². The van der Waals surface area contributed by atoms with Crippen molar-refractivity contribution in [3.8, 4) is 6.07 Å². The molecule has 1 nitrogen and oxygen atoms in total. The number of nitriles is 1. The van der Waals surface area contributed by atoms with Crippen molar-refractivity contribution in [2.75, 3.05) is 0 Å². The van der Waals surface area contributed by atoms with E-state index >= 15 is 0 Å². The molecule has 0 spiro atoms. The Hall–Kier alpha value is 0.409. The van der Waals surface area contributed by atoms with Crippen molar-refractivity contribution in [2.24, 2.45) is 0 Å². The molecule has 0 bridgehead atoms. The van der Waals surface area contributed by atoms with E-state index in [2.05, 4.69) is 37.9 Å². The first-order chi connectivity index (χ1) is 5.72. The van der Waals surface area contributed by atoms with E-state index in [1.165, 1.54) is 8.96 Å². The summed E-state index contributed by atoms with van der Waals surface area (Å²) in [5.74, 6) is 0. The van der Waals surface area contributed by atoms with Gasteiger partial charge in [-0.2, -0.15) is 0 Å². The molecule has 2 rings (SSSR count). The first-order valence-electron chi connectivity index (χ1n) is 3.00. The van der Waals surface area contributed by atoms with Gasteiger partial charge in [0.15, 0.2) is 0 Å². The number of hydrogen-bond acceptors (Lipinski definition) is 2. The molecule has 2 aromatic heterocycles. The van der Waals surface area contributed by atoms with E-state index in [0.717, 1.165) is 12.7 Å². The van der Waals surface area contributed by atoms with Gasteiger partial charge in [0, 0.05) is 0 Å². The van der Waals surface area contributed by atoms with Crippen LogP contribution in [0.15, 0.2) is 14.3 Å². The van der Waals surface area contributed by atoms with Crippen LogP contribution >= 0.6 is 43.2 Å². The molecule has 0 aliphatic carbocycles. The summed E-state index contributed by atoms with van der Waals surface area (Å²) < 4.78 is 5.70. The standard InChI is InChI=1S/C7HBr2NSSe/c8-5-6-4(11-7(5)9)1-3(2-10)12-6/h1H. The third kappa shape index (κ3) is 1.32. The van der Waals surface area contributed by atoms with Crippen LogP contribution in [0.3, 0.4) is 0 Å². The number of halogens is 2. The van der Waals surface area contributed by atoms with Gasteiger partial charge >= 0.3 is 96.8 Å². The molecule has 0 N–H and O–H groups in total. The molecule has 0 saturated carbocycles. The van der Waals surface area contributed by atoms with Gasteiger partial charge in [-0.15, -0.1) is 0 Å². The normalized spacial score (nSPS) is 10.4. The van der Waals surface area contributed by atoms with Crippen molar-refractivity contribution in [3.63, 3.8) is 0 Å². The van der Waals surface area contributed by atoms with E-state index in [0.29, 0.717) is 0 Å². The van der Waals surface area contributed by atoms with Crippen LogP contribution in [0.4, 0.5) is 0 Å². The number of thiophene rings is 1. The number of nitrogens with zero attached hydrogens (tertiary/aromatic N) is 1. The molecule has 0 amide bonds. The van der Waals surface area contributed by atoms with Crippen LogP contribution in [0.25, 0.3) is 8.96 Å². The van der Waals surface area contributed by atoms with Crippen LogP contribution in [-0.2, 0) is 0 Å². The molecule has 5 heteroatoms. The second-order valence-electron chi connectivity index (χ2n) is 2.11. The monoisotopic (exact) mass is 369 g/mol. The summed E-state index contributed by atoms with van der Waals surface area (Å²) in [6.45, 7) is 0. The SMILES string of the molecule is N#Cc1cc2sc(Br)c(Br)c2[se]1. The van der Waals surface area contributed by atoms with Crippen LogP contribution in [0.1, 0.15) is 4.44 Å². The van der Waals surface area contributed by atoms with Crippen molar-refractivity contribution in [1.29, 1.82) is 5.26 Å². The maximum atomic E-state index is 8.69. The molecule has 2 heterocycles. The van der Waals surface area contributed by atoms with Crippen LogP contribution in [0.5, 0.6) is 0 Å². The predicted molar refractivity (Wildman–Crippen MR) is 58.9 cm³/mol. The fraction of sp³-hybridized carbons (Fsp3) is 0. The molecule has 0 atom stereocenters. The summed E-state index contributed by atoms with van der Waals surface area (Å²) in [5, 5.41) is 8.69. The van der Waals surface area contributed by atoms with E-state index in [1.807, 2.05) is 6.07 Å². The molecule has 2 aromatic rings. The van der Waals surface area contributed by atoms with Crippen LogP contribution in [0, 0.1) is 11.3 Å². The van der Waals surface area contributed by atoms with E-state index < -0.39 is 0 Å². The minimum absolute atomic E-state index is 0.214. The molecule has 0 radical (unpaired) electrons. The third-order valence-corrected chi connectivity index (χ3v) is 7.87. The van der Waals surface area contributed by atoms with Gasteiger partial charge in [-0.3, -0.25) is 0 Å². The molecule has 0 unspecified atom stereocenters. The van der Waals surface area contributed by atoms with Gasteiger partial charge < -0.3 is 0 Å². The van der Waals surface area contributed by atoms with Gasteiger partial charge in [0.2, 0.25) is 0 Å². The summed E-state index contributed by atoms with van der Waals surface area (Å²) in [7, 11) is 0. The topological polar surface area (TPSA) is 23.8 Å². The van der Waals surface area contributed by atoms with Gasteiger partial charge in [0.25, 0.3) is 0 Å². The Balaban J connectivity index is 2.82. The second kappa shape index (κ2) is 3.28. The van der Waals surface area contributed by atoms with Gasteiger partial charge in [-0.25, -0.2) is 0 Å². The third-order valence-electron chi connectivity index (χ3n) is 1.38. The van der Waals surface area contributed by atoms with Crippen molar-refractivity contribution in [3.05, 3.63) is 18.8 Å². The van der Waals surface area contributed by atoms with Gasteiger partial charge in [-0.05, 0) is 0 Å². The van der Waals surface area contributed by atoms with Crippen molar-refractivity contribution < 1.29 is 0 Å². The average molecular weight is 370 g/mol. The fourth-order valence-corrected chi connectivity index (χ4v) is 6.13. The van der Waals surface area contributed by atoms with Gasteiger partial charge in [0.1, 0.15) is 0 Å². The Morgan fingerprint density at radius 1 is 1.50 bits per heavy atom. The zero-order valence-electron chi connectivity index (χ0n) is 5.60. The number of hydrogen-bond donors (Lipinski definition) is 0. The van der Waals surface area contributed by atoms with Crippen LogP contribution in [-0.4, -0.2) is 14.5 Å². The predicted octanol–water partition coefficient (Wildman–Crippen LogP) is 3.35. The quantitative estimate of drug-likeness (QED) is 0.653. The van der Waals surface area contributed by atoms with E-state index in [4.69, 9.17) is 5.26 Å². The fourth-order valence-electron chi connectivity index (χ4n) is 0.889. The first kappa shape index (κ1) is 8.98.